The van der Waals surface area contributed by atoms with Crippen LogP contribution in [-0.2, 0) is 9.59 Å². The molecule has 1 fully saturated rings. The van der Waals surface area contributed by atoms with Crippen LogP contribution in [0.2, 0.25) is 0 Å². The molecular weight excluding hydrogens is 283 g/mol. The lowest BCUT2D eigenvalue weighted by Gasteiger charge is -2.18. The van der Waals surface area contributed by atoms with Gasteiger partial charge in [-0.2, -0.15) is 0 Å². The lowest BCUT2D eigenvalue weighted by Crippen LogP contribution is -2.37. The Morgan fingerprint density at radius 3 is 2.45 bits per heavy atom. The molecule has 2 amide bonds. The molecule has 0 aromatic heterocycles. The first-order valence-electron chi connectivity index (χ1n) is 7.67. The van der Waals surface area contributed by atoms with Crippen molar-refractivity contribution in [3.05, 3.63) is 35.6 Å². The molecule has 1 aliphatic rings. The molecule has 1 aromatic carbocycles. The second kappa shape index (κ2) is 6.90. The first-order valence-corrected chi connectivity index (χ1v) is 7.67. The van der Waals surface area contributed by atoms with E-state index >= 15 is 0 Å². The summed E-state index contributed by atoms with van der Waals surface area (Å²) < 4.78 is 13.1. The van der Waals surface area contributed by atoms with Gasteiger partial charge in [-0.1, -0.05) is 26.0 Å². The Morgan fingerprint density at radius 2 is 1.91 bits per heavy atom. The molecule has 2 atom stereocenters. The third-order valence-corrected chi connectivity index (χ3v) is 4.08. The molecule has 0 aliphatic carbocycles. The number of carbonyl (C=O) groups excluding carboxylic acids is 2. The van der Waals surface area contributed by atoms with Crippen LogP contribution < -0.4 is 5.32 Å². The van der Waals surface area contributed by atoms with Crippen LogP contribution in [0.3, 0.4) is 0 Å². The second-order valence-electron chi connectivity index (χ2n) is 6.33. The fourth-order valence-corrected chi connectivity index (χ4v) is 2.81. The highest BCUT2D eigenvalue weighted by Crippen LogP contribution is 2.33. The molecule has 1 N–H and O–H groups in total. The normalized spacial score (nSPS) is 21.2. The Hall–Kier alpha value is -1.91. The van der Waals surface area contributed by atoms with Gasteiger partial charge < -0.3 is 10.2 Å². The van der Waals surface area contributed by atoms with Gasteiger partial charge in [0.05, 0.1) is 5.92 Å². The number of hydrogen-bond donors (Lipinski definition) is 1. The van der Waals surface area contributed by atoms with Crippen LogP contribution in [0.1, 0.15) is 32.3 Å². The summed E-state index contributed by atoms with van der Waals surface area (Å²) in [5.74, 6) is -0.368. The lowest BCUT2D eigenvalue weighted by atomic mass is 9.88. The molecule has 1 saturated heterocycles. The van der Waals surface area contributed by atoms with Gasteiger partial charge in [-0.05, 0) is 23.6 Å². The van der Waals surface area contributed by atoms with E-state index in [9.17, 15) is 14.0 Å². The van der Waals surface area contributed by atoms with Crippen LogP contribution >= 0.6 is 0 Å². The third-order valence-electron chi connectivity index (χ3n) is 4.08. The summed E-state index contributed by atoms with van der Waals surface area (Å²) in [7, 11) is 0. The van der Waals surface area contributed by atoms with Crippen molar-refractivity contribution in [2.24, 2.45) is 11.8 Å². The minimum Gasteiger partial charge on any atom is -0.356 e. The molecule has 5 heteroatoms. The SMILES string of the molecule is CC(=O)N1C[C@@H](C(=O)NCC(C)C)[C@H](c2ccc(F)cc2)C1. The number of benzene rings is 1. The molecule has 0 unspecified atom stereocenters. The van der Waals surface area contributed by atoms with E-state index in [4.69, 9.17) is 0 Å². The minimum absolute atomic E-state index is 0.0354. The van der Waals surface area contributed by atoms with Crippen molar-refractivity contribution in [1.29, 1.82) is 0 Å². The van der Waals surface area contributed by atoms with Crippen molar-refractivity contribution in [2.45, 2.75) is 26.7 Å². The summed E-state index contributed by atoms with van der Waals surface area (Å²) in [6.07, 6.45) is 0. The number of nitrogens with one attached hydrogen (secondary N) is 1. The van der Waals surface area contributed by atoms with E-state index in [0.29, 0.717) is 25.6 Å². The predicted octanol–water partition coefficient (Wildman–Crippen LogP) is 2.16. The van der Waals surface area contributed by atoms with Crippen molar-refractivity contribution in [2.75, 3.05) is 19.6 Å². The first-order chi connectivity index (χ1) is 10.4. The zero-order valence-corrected chi connectivity index (χ0v) is 13.3. The highest BCUT2D eigenvalue weighted by atomic mass is 19.1. The maximum absolute atomic E-state index is 13.1. The van der Waals surface area contributed by atoms with E-state index in [0.717, 1.165) is 5.56 Å². The van der Waals surface area contributed by atoms with Gasteiger partial charge in [0, 0.05) is 32.5 Å². The lowest BCUT2D eigenvalue weighted by molar-refractivity contribution is -0.128. The molecule has 2 rings (SSSR count). The predicted molar refractivity (Wildman–Crippen MR) is 82.7 cm³/mol. The van der Waals surface area contributed by atoms with Crippen molar-refractivity contribution < 1.29 is 14.0 Å². The molecule has 0 spiro atoms. The van der Waals surface area contributed by atoms with Crippen LogP contribution in [0.15, 0.2) is 24.3 Å². The van der Waals surface area contributed by atoms with Gasteiger partial charge in [-0.3, -0.25) is 9.59 Å². The van der Waals surface area contributed by atoms with Crippen LogP contribution in [0, 0.1) is 17.7 Å². The molecule has 22 heavy (non-hydrogen) atoms. The number of carbonyl (C=O) groups is 2. The maximum Gasteiger partial charge on any atom is 0.225 e. The highest BCUT2D eigenvalue weighted by molar-refractivity contribution is 5.82. The van der Waals surface area contributed by atoms with Gasteiger partial charge in [-0.15, -0.1) is 0 Å². The summed E-state index contributed by atoms with van der Waals surface area (Å²) >= 11 is 0. The topological polar surface area (TPSA) is 49.4 Å². The van der Waals surface area contributed by atoms with Crippen LogP contribution in [0.25, 0.3) is 0 Å². The number of likely N-dealkylation sites (tertiary alicyclic amines) is 1. The number of hydrogen-bond acceptors (Lipinski definition) is 2. The van der Waals surface area contributed by atoms with Crippen LogP contribution in [-0.4, -0.2) is 36.3 Å². The van der Waals surface area contributed by atoms with Crippen molar-refractivity contribution in [1.82, 2.24) is 10.2 Å². The van der Waals surface area contributed by atoms with E-state index in [-0.39, 0.29) is 29.5 Å². The number of amides is 2. The van der Waals surface area contributed by atoms with Crippen molar-refractivity contribution in [3.63, 3.8) is 0 Å². The smallest absolute Gasteiger partial charge is 0.225 e. The summed E-state index contributed by atoms with van der Waals surface area (Å²) in [6, 6.07) is 6.20. The van der Waals surface area contributed by atoms with Gasteiger partial charge in [0.2, 0.25) is 11.8 Å². The van der Waals surface area contributed by atoms with Crippen LogP contribution in [0.4, 0.5) is 4.39 Å². The van der Waals surface area contributed by atoms with E-state index < -0.39 is 0 Å². The van der Waals surface area contributed by atoms with Gasteiger partial charge >= 0.3 is 0 Å². The Kier molecular flexibility index (Phi) is 5.16. The molecule has 1 aliphatic heterocycles. The Balaban J connectivity index is 2.17. The molecule has 0 radical (unpaired) electrons. The quantitative estimate of drug-likeness (QED) is 0.927. The zero-order valence-electron chi connectivity index (χ0n) is 13.3. The third kappa shape index (κ3) is 3.84. The maximum atomic E-state index is 13.1. The Morgan fingerprint density at radius 1 is 1.27 bits per heavy atom. The zero-order chi connectivity index (χ0) is 16.3. The molecule has 0 saturated carbocycles. The van der Waals surface area contributed by atoms with Gasteiger partial charge in [0.25, 0.3) is 0 Å². The standard InChI is InChI=1S/C17H23FN2O2/c1-11(2)8-19-17(22)16-10-20(12(3)21)9-15(16)13-4-6-14(18)7-5-13/h4-7,11,15-16H,8-10H2,1-3H3,(H,19,22)/t15-,16+/m0/s1. The number of nitrogens with zero attached hydrogens (tertiary/aromatic N) is 1. The molecule has 4 nitrogen and oxygen atoms in total. The fraction of sp³-hybridized carbons (Fsp3) is 0.529. The highest BCUT2D eigenvalue weighted by Gasteiger charge is 2.39. The molecular formula is C17H23FN2O2. The fourth-order valence-electron chi connectivity index (χ4n) is 2.81. The minimum atomic E-state index is -0.300. The average Bonchev–Trinajstić information content (AvgIpc) is 2.91. The Labute approximate surface area is 130 Å². The molecule has 1 aromatic rings. The number of halogens is 1. The monoisotopic (exact) mass is 306 g/mol. The summed E-state index contributed by atoms with van der Waals surface area (Å²) in [5, 5.41) is 2.94. The van der Waals surface area contributed by atoms with E-state index in [1.807, 2.05) is 13.8 Å². The average molecular weight is 306 g/mol. The van der Waals surface area contributed by atoms with E-state index in [2.05, 4.69) is 5.32 Å². The number of rotatable bonds is 4. The summed E-state index contributed by atoms with van der Waals surface area (Å²) in [5.41, 5.74) is 0.898. The van der Waals surface area contributed by atoms with Crippen LogP contribution in [0.5, 0.6) is 0 Å². The largest absolute Gasteiger partial charge is 0.356 e. The first kappa shape index (κ1) is 16.5. The molecule has 1 heterocycles. The Bertz CT molecular complexity index is 542. The van der Waals surface area contributed by atoms with Crippen molar-refractivity contribution in [3.8, 4) is 0 Å². The molecule has 120 valence electrons. The van der Waals surface area contributed by atoms with E-state index in [1.165, 1.54) is 19.1 Å². The summed E-state index contributed by atoms with van der Waals surface area (Å²) in [4.78, 5) is 25.8. The van der Waals surface area contributed by atoms with Gasteiger partial charge in [0.1, 0.15) is 5.82 Å². The van der Waals surface area contributed by atoms with Gasteiger partial charge in [-0.25, -0.2) is 4.39 Å². The summed E-state index contributed by atoms with van der Waals surface area (Å²) in [6.45, 7) is 7.12. The second-order valence-corrected chi connectivity index (χ2v) is 6.33. The van der Waals surface area contributed by atoms with Gasteiger partial charge in [0.15, 0.2) is 0 Å². The molecule has 0 bridgehead atoms. The van der Waals surface area contributed by atoms with Crippen molar-refractivity contribution >= 4 is 11.8 Å². The van der Waals surface area contributed by atoms with E-state index in [1.54, 1.807) is 17.0 Å².